The van der Waals surface area contributed by atoms with Gasteiger partial charge in [-0.3, -0.25) is 9.20 Å². The summed E-state index contributed by atoms with van der Waals surface area (Å²) in [6.07, 6.45) is 2.42. The second-order valence-corrected chi connectivity index (χ2v) is 7.59. The van der Waals surface area contributed by atoms with Crippen LogP contribution in [-0.4, -0.2) is 15.3 Å². The Balaban J connectivity index is 1.44. The number of hydrogen-bond donors (Lipinski definition) is 1. The maximum Gasteiger partial charge on any atom is 0.270 e. The maximum atomic E-state index is 12.9. The molecule has 7 heteroatoms. The van der Waals surface area contributed by atoms with Crippen molar-refractivity contribution >= 4 is 34.8 Å². The Labute approximate surface area is 184 Å². The van der Waals surface area contributed by atoms with E-state index >= 15 is 0 Å². The first-order chi connectivity index (χ1) is 14.5. The van der Waals surface area contributed by atoms with Crippen molar-refractivity contribution in [1.82, 2.24) is 14.7 Å². The van der Waals surface area contributed by atoms with E-state index in [0.29, 0.717) is 45.9 Å². The first-order valence-electron chi connectivity index (χ1n) is 9.50. The van der Waals surface area contributed by atoms with Crippen molar-refractivity contribution < 1.29 is 9.53 Å². The monoisotopic (exact) mass is 439 g/mol. The largest absolute Gasteiger partial charge is 0.457 e. The standard InChI is InChI=1S/C23H19Cl2N3O2/c1-2-20-22(28-12-11-17(25)13-21(28)27-20)23(29)26-14-15-3-7-18(8-4-15)30-19-9-5-16(24)6-10-19/h3-13H,2,14H2,1H3,(H,26,29). The normalized spacial score (nSPS) is 10.9. The molecule has 2 heterocycles. The number of benzene rings is 2. The van der Waals surface area contributed by atoms with E-state index in [1.165, 1.54) is 0 Å². The van der Waals surface area contributed by atoms with E-state index in [9.17, 15) is 4.79 Å². The van der Waals surface area contributed by atoms with Crippen LogP contribution in [-0.2, 0) is 13.0 Å². The van der Waals surface area contributed by atoms with Crippen LogP contribution in [0.15, 0.2) is 66.9 Å². The predicted octanol–water partition coefficient (Wildman–Crippen LogP) is 5.93. The Morgan fingerprint density at radius 2 is 1.67 bits per heavy atom. The first-order valence-corrected chi connectivity index (χ1v) is 10.3. The molecular formula is C23H19Cl2N3O2. The zero-order valence-electron chi connectivity index (χ0n) is 16.2. The fourth-order valence-corrected chi connectivity index (χ4v) is 3.42. The number of aromatic nitrogens is 2. The Morgan fingerprint density at radius 1 is 1.00 bits per heavy atom. The second-order valence-electron chi connectivity index (χ2n) is 6.72. The van der Waals surface area contributed by atoms with Gasteiger partial charge < -0.3 is 10.1 Å². The maximum absolute atomic E-state index is 12.9. The van der Waals surface area contributed by atoms with Gasteiger partial charge in [0.15, 0.2) is 0 Å². The summed E-state index contributed by atoms with van der Waals surface area (Å²) in [6.45, 7) is 2.36. The third-order valence-electron chi connectivity index (χ3n) is 4.64. The lowest BCUT2D eigenvalue weighted by Crippen LogP contribution is -2.25. The Morgan fingerprint density at radius 3 is 2.33 bits per heavy atom. The van der Waals surface area contributed by atoms with Crippen LogP contribution in [0.3, 0.4) is 0 Å². The number of fused-ring (bicyclic) bond motifs is 1. The van der Waals surface area contributed by atoms with Gasteiger partial charge in [0.1, 0.15) is 22.8 Å². The molecule has 0 aliphatic rings. The van der Waals surface area contributed by atoms with Crippen LogP contribution in [0.2, 0.25) is 10.0 Å². The fraction of sp³-hybridized carbons (Fsp3) is 0.130. The highest BCUT2D eigenvalue weighted by Crippen LogP contribution is 2.23. The van der Waals surface area contributed by atoms with E-state index in [1.807, 2.05) is 43.3 Å². The van der Waals surface area contributed by atoms with Crippen LogP contribution >= 0.6 is 23.2 Å². The summed E-state index contributed by atoms with van der Waals surface area (Å²) in [5.41, 5.74) is 2.89. The number of halogens is 2. The number of imidazole rings is 1. The van der Waals surface area contributed by atoms with E-state index in [1.54, 1.807) is 34.9 Å². The molecule has 2 aromatic carbocycles. The molecule has 30 heavy (non-hydrogen) atoms. The number of carbonyl (C=O) groups excluding carboxylic acids is 1. The van der Waals surface area contributed by atoms with Crippen molar-refractivity contribution in [1.29, 1.82) is 0 Å². The summed E-state index contributed by atoms with van der Waals surface area (Å²) in [4.78, 5) is 17.4. The minimum atomic E-state index is -0.178. The number of pyridine rings is 1. The smallest absolute Gasteiger partial charge is 0.270 e. The topological polar surface area (TPSA) is 55.6 Å². The molecule has 152 valence electrons. The Hall–Kier alpha value is -3.02. The van der Waals surface area contributed by atoms with Crippen LogP contribution in [0, 0.1) is 0 Å². The lowest BCUT2D eigenvalue weighted by molar-refractivity contribution is 0.0944. The van der Waals surface area contributed by atoms with Crippen molar-refractivity contribution in [3.8, 4) is 11.5 Å². The van der Waals surface area contributed by atoms with Crippen LogP contribution in [0.1, 0.15) is 28.7 Å². The zero-order valence-corrected chi connectivity index (χ0v) is 17.7. The minimum absolute atomic E-state index is 0.178. The minimum Gasteiger partial charge on any atom is -0.457 e. The van der Waals surface area contributed by atoms with Crippen LogP contribution in [0.5, 0.6) is 11.5 Å². The van der Waals surface area contributed by atoms with E-state index in [4.69, 9.17) is 27.9 Å². The highest BCUT2D eigenvalue weighted by molar-refractivity contribution is 6.31. The van der Waals surface area contributed by atoms with E-state index in [0.717, 1.165) is 11.3 Å². The van der Waals surface area contributed by atoms with E-state index in [-0.39, 0.29) is 5.91 Å². The van der Waals surface area contributed by atoms with Gasteiger partial charge in [-0.25, -0.2) is 4.98 Å². The molecule has 4 rings (SSSR count). The lowest BCUT2D eigenvalue weighted by Gasteiger charge is -2.09. The van der Waals surface area contributed by atoms with Gasteiger partial charge in [-0.1, -0.05) is 42.3 Å². The summed E-state index contributed by atoms with van der Waals surface area (Å²) in [5, 5.41) is 4.22. The Kier molecular flexibility index (Phi) is 5.93. The summed E-state index contributed by atoms with van der Waals surface area (Å²) >= 11 is 11.9. The third-order valence-corrected chi connectivity index (χ3v) is 5.12. The average Bonchev–Trinajstić information content (AvgIpc) is 3.12. The van der Waals surface area contributed by atoms with Crippen molar-refractivity contribution in [2.45, 2.75) is 19.9 Å². The van der Waals surface area contributed by atoms with Gasteiger partial charge in [0, 0.05) is 28.9 Å². The van der Waals surface area contributed by atoms with E-state index in [2.05, 4.69) is 10.3 Å². The number of carbonyl (C=O) groups is 1. The molecule has 0 aliphatic carbocycles. The molecule has 0 fully saturated rings. The molecule has 0 atom stereocenters. The van der Waals surface area contributed by atoms with Crippen molar-refractivity contribution in [3.05, 3.63) is 93.9 Å². The molecule has 0 radical (unpaired) electrons. The van der Waals surface area contributed by atoms with Gasteiger partial charge in [0.05, 0.1) is 5.69 Å². The van der Waals surface area contributed by atoms with Crippen LogP contribution in [0.4, 0.5) is 0 Å². The molecule has 0 spiro atoms. The quantitative estimate of drug-likeness (QED) is 0.405. The number of nitrogens with zero attached hydrogens (tertiary/aromatic N) is 2. The van der Waals surface area contributed by atoms with Gasteiger partial charge in [0.2, 0.25) is 0 Å². The number of ether oxygens (including phenoxy) is 1. The van der Waals surface area contributed by atoms with Gasteiger partial charge in [0.25, 0.3) is 5.91 Å². The summed E-state index contributed by atoms with van der Waals surface area (Å²) < 4.78 is 7.56. The molecule has 4 aromatic rings. The molecule has 0 unspecified atom stereocenters. The number of amides is 1. The lowest BCUT2D eigenvalue weighted by atomic mass is 10.2. The number of nitrogens with one attached hydrogen (secondary N) is 1. The highest BCUT2D eigenvalue weighted by atomic mass is 35.5. The number of aryl methyl sites for hydroxylation is 1. The van der Waals surface area contributed by atoms with Gasteiger partial charge in [-0.05, 0) is 54.4 Å². The average molecular weight is 440 g/mol. The molecule has 0 saturated carbocycles. The Bertz CT molecular complexity index is 1190. The highest BCUT2D eigenvalue weighted by Gasteiger charge is 2.18. The molecule has 0 saturated heterocycles. The summed E-state index contributed by atoms with van der Waals surface area (Å²) in [6, 6.07) is 18.2. The number of rotatable bonds is 6. The molecule has 1 amide bonds. The molecule has 0 bridgehead atoms. The van der Waals surface area contributed by atoms with Crippen LogP contribution in [0.25, 0.3) is 5.65 Å². The molecule has 5 nitrogen and oxygen atoms in total. The zero-order chi connectivity index (χ0) is 21.1. The molecule has 1 N–H and O–H groups in total. The third kappa shape index (κ3) is 4.42. The predicted molar refractivity (Wildman–Crippen MR) is 119 cm³/mol. The van der Waals surface area contributed by atoms with Gasteiger partial charge >= 0.3 is 0 Å². The summed E-state index contributed by atoms with van der Waals surface area (Å²) in [5.74, 6) is 1.24. The fourth-order valence-electron chi connectivity index (χ4n) is 3.14. The van der Waals surface area contributed by atoms with Gasteiger partial charge in [-0.15, -0.1) is 0 Å². The van der Waals surface area contributed by atoms with E-state index < -0.39 is 0 Å². The van der Waals surface area contributed by atoms with Crippen molar-refractivity contribution in [3.63, 3.8) is 0 Å². The SMILES string of the molecule is CCc1nc2cc(Cl)ccn2c1C(=O)NCc1ccc(Oc2ccc(Cl)cc2)cc1. The summed E-state index contributed by atoms with van der Waals surface area (Å²) in [7, 11) is 0. The van der Waals surface area contributed by atoms with Crippen molar-refractivity contribution in [2.24, 2.45) is 0 Å². The molecule has 0 aliphatic heterocycles. The second kappa shape index (κ2) is 8.78. The van der Waals surface area contributed by atoms with Gasteiger partial charge in [-0.2, -0.15) is 0 Å². The molecular weight excluding hydrogens is 421 g/mol. The molecule has 2 aromatic heterocycles. The number of hydrogen-bond acceptors (Lipinski definition) is 3. The van der Waals surface area contributed by atoms with Crippen LogP contribution < -0.4 is 10.1 Å². The first kappa shape index (κ1) is 20.3. The van der Waals surface area contributed by atoms with Crippen molar-refractivity contribution in [2.75, 3.05) is 0 Å².